The lowest BCUT2D eigenvalue weighted by molar-refractivity contribution is -0.140. The molecule has 17 heteroatoms. The molecule has 0 radical (unpaired) electrons. The Balaban J connectivity index is 0.000000192. The summed E-state index contributed by atoms with van der Waals surface area (Å²) in [6.07, 6.45) is 6.29. The van der Waals surface area contributed by atoms with Gasteiger partial charge in [0.25, 0.3) is 0 Å². The summed E-state index contributed by atoms with van der Waals surface area (Å²) in [4.78, 5) is 16.3. The van der Waals surface area contributed by atoms with E-state index >= 15 is 0 Å². The van der Waals surface area contributed by atoms with Crippen molar-refractivity contribution >= 4 is 35.6 Å². The van der Waals surface area contributed by atoms with E-state index in [1.807, 2.05) is 12.1 Å². The highest BCUT2D eigenvalue weighted by molar-refractivity contribution is 9.10. The third kappa shape index (κ3) is 8.28. The Kier molecular flexibility index (Phi) is 9.85. The van der Waals surface area contributed by atoms with Gasteiger partial charge in [-0.3, -0.25) is 19.1 Å². The van der Waals surface area contributed by atoms with Gasteiger partial charge in [0.05, 0.1) is 9.79 Å². The molecule has 0 spiro atoms. The summed E-state index contributed by atoms with van der Waals surface area (Å²) < 4.78 is 89.2. The number of imidazole rings is 2. The molecular weight excluding hydrogens is 747 g/mol. The van der Waals surface area contributed by atoms with Gasteiger partial charge in [-0.15, -0.1) is 0 Å². The van der Waals surface area contributed by atoms with Gasteiger partial charge in [-0.25, -0.2) is 26.8 Å². The van der Waals surface area contributed by atoms with Gasteiger partial charge in [-0.2, -0.15) is 18.4 Å². The largest absolute Gasteiger partial charge is 0.434 e. The second kappa shape index (κ2) is 13.7. The SMILES string of the molecule is CS(=O)(=O)c1ccc(-n2cc(C#N)nc2-c2cccnc2)cc1.CS(=O)(=O)c1ccc(-n2cc(C(F)(F)F)nc2-c2cncc(Br)c2)cc1. The molecule has 11 nitrogen and oxygen atoms in total. The van der Waals surface area contributed by atoms with Gasteiger partial charge in [-0.1, -0.05) is 0 Å². The molecule has 0 aliphatic heterocycles. The molecule has 2 aromatic carbocycles. The zero-order valence-corrected chi connectivity index (χ0v) is 28.6. The lowest BCUT2D eigenvalue weighted by Crippen LogP contribution is -2.05. The first kappa shape index (κ1) is 35.1. The van der Waals surface area contributed by atoms with Crippen LogP contribution in [0.3, 0.4) is 0 Å². The molecule has 0 amide bonds. The standard InChI is InChI=1S/C16H11BrF3N3O2S.C16H12N4O2S/c1-26(24,25)13-4-2-12(3-5-13)23-9-14(16(18,19)20)22-15(23)10-6-11(17)8-21-7-10;1-23(21,22)15-6-4-14(5-7-15)20-11-13(9-17)19-16(20)12-3-2-8-18-10-12/h2-9H,1H3;2-8,10-11H,1H3. The molecule has 0 aliphatic carbocycles. The molecule has 0 atom stereocenters. The van der Waals surface area contributed by atoms with Gasteiger partial charge in [0, 0.05) is 76.7 Å². The van der Waals surface area contributed by atoms with Crippen molar-refractivity contribution in [3.8, 4) is 40.2 Å². The summed E-state index contributed by atoms with van der Waals surface area (Å²) >= 11 is 3.23. The lowest BCUT2D eigenvalue weighted by Gasteiger charge is -2.08. The van der Waals surface area contributed by atoms with E-state index in [4.69, 9.17) is 5.26 Å². The van der Waals surface area contributed by atoms with Gasteiger partial charge in [0.15, 0.2) is 31.1 Å². The minimum Gasteiger partial charge on any atom is -0.299 e. The molecule has 49 heavy (non-hydrogen) atoms. The summed E-state index contributed by atoms with van der Waals surface area (Å²) in [5.41, 5.74) is 1.42. The third-order valence-electron chi connectivity index (χ3n) is 6.79. The fourth-order valence-electron chi connectivity index (χ4n) is 4.49. The van der Waals surface area contributed by atoms with Crippen LogP contribution in [0.15, 0.2) is 118 Å². The molecule has 0 fully saturated rings. The monoisotopic (exact) mass is 769 g/mol. The fraction of sp³-hybridized carbons (Fsp3) is 0.0938. The number of aromatic nitrogens is 6. The first-order chi connectivity index (χ1) is 23.0. The smallest absolute Gasteiger partial charge is 0.299 e. The summed E-state index contributed by atoms with van der Waals surface area (Å²) in [6, 6.07) is 19.2. The molecule has 4 aromatic heterocycles. The van der Waals surface area contributed by atoms with Crippen LogP contribution in [0.1, 0.15) is 11.4 Å². The number of hydrogen-bond acceptors (Lipinski definition) is 9. The predicted octanol–water partition coefficient (Wildman–Crippen LogP) is 6.33. The second-order valence-corrected chi connectivity index (χ2v) is 15.4. The van der Waals surface area contributed by atoms with Crippen LogP contribution in [-0.4, -0.2) is 58.4 Å². The molecule has 0 aliphatic rings. The normalized spacial score (nSPS) is 11.8. The van der Waals surface area contributed by atoms with Gasteiger partial charge in [0.1, 0.15) is 17.7 Å². The van der Waals surface area contributed by atoms with Crippen molar-refractivity contribution in [3.63, 3.8) is 0 Å². The molecular formula is C32H23BrF3N7O4S2. The molecule has 250 valence electrons. The number of halogens is 4. The number of nitrogens with zero attached hydrogens (tertiary/aromatic N) is 7. The van der Waals surface area contributed by atoms with Crippen LogP contribution >= 0.6 is 15.9 Å². The van der Waals surface area contributed by atoms with Gasteiger partial charge >= 0.3 is 6.18 Å². The van der Waals surface area contributed by atoms with Crippen LogP contribution in [0.25, 0.3) is 34.2 Å². The van der Waals surface area contributed by atoms with Crippen molar-refractivity contribution < 1.29 is 30.0 Å². The molecule has 0 saturated carbocycles. The highest BCUT2D eigenvalue weighted by atomic mass is 79.9. The lowest BCUT2D eigenvalue weighted by atomic mass is 10.2. The maximum absolute atomic E-state index is 13.1. The Hall–Kier alpha value is -5.18. The topological polar surface area (TPSA) is 153 Å². The number of alkyl halides is 3. The van der Waals surface area contributed by atoms with Crippen molar-refractivity contribution in [2.75, 3.05) is 12.5 Å². The first-order valence-corrected chi connectivity index (χ1v) is 18.4. The maximum atomic E-state index is 13.1. The third-order valence-corrected chi connectivity index (χ3v) is 9.48. The Morgan fingerprint density at radius 1 is 0.735 bits per heavy atom. The van der Waals surface area contributed by atoms with Crippen LogP contribution in [-0.2, 0) is 25.9 Å². The van der Waals surface area contributed by atoms with Crippen LogP contribution in [0.4, 0.5) is 13.2 Å². The Morgan fingerprint density at radius 2 is 1.27 bits per heavy atom. The molecule has 0 unspecified atom stereocenters. The Labute approximate surface area is 287 Å². The average molecular weight is 771 g/mol. The number of rotatable bonds is 6. The quantitative estimate of drug-likeness (QED) is 0.189. The van der Waals surface area contributed by atoms with E-state index in [1.54, 1.807) is 47.4 Å². The summed E-state index contributed by atoms with van der Waals surface area (Å²) in [5, 5.41) is 9.10. The van der Waals surface area contributed by atoms with Crippen LogP contribution < -0.4 is 0 Å². The predicted molar refractivity (Wildman–Crippen MR) is 177 cm³/mol. The molecule has 6 aromatic rings. The number of hydrogen-bond donors (Lipinski definition) is 0. The van der Waals surface area contributed by atoms with Gasteiger partial charge in [-0.05, 0) is 82.7 Å². The van der Waals surface area contributed by atoms with Crippen molar-refractivity contribution in [1.82, 2.24) is 29.1 Å². The van der Waals surface area contributed by atoms with E-state index in [1.165, 1.54) is 53.4 Å². The summed E-state index contributed by atoms with van der Waals surface area (Å²) in [7, 11) is -6.66. The van der Waals surface area contributed by atoms with E-state index in [9.17, 15) is 30.0 Å². The van der Waals surface area contributed by atoms with Gasteiger partial charge < -0.3 is 0 Å². The van der Waals surface area contributed by atoms with E-state index in [0.717, 1.165) is 24.3 Å². The Bertz CT molecular complexity index is 2390. The van der Waals surface area contributed by atoms with E-state index in [2.05, 4.69) is 35.9 Å². The summed E-state index contributed by atoms with van der Waals surface area (Å²) in [5.74, 6) is 0.611. The van der Waals surface area contributed by atoms with Crippen LogP contribution in [0, 0.1) is 11.3 Å². The minimum atomic E-state index is -4.62. The Morgan fingerprint density at radius 3 is 1.73 bits per heavy atom. The average Bonchev–Trinajstić information content (AvgIpc) is 3.71. The number of nitriles is 1. The molecule has 6 rings (SSSR count). The molecule has 0 N–H and O–H groups in total. The summed E-state index contributed by atoms with van der Waals surface area (Å²) in [6.45, 7) is 0. The number of sulfone groups is 2. The first-order valence-electron chi connectivity index (χ1n) is 13.8. The molecule has 4 heterocycles. The zero-order valence-electron chi connectivity index (χ0n) is 25.4. The zero-order chi connectivity index (χ0) is 35.6. The van der Waals surface area contributed by atoms with Gasteiger partial charge in [0.2, 0.25) is 0 Å². The van der Waals surface area contributed by atoms with Crippen molar-refractivity contribution in [1.29, 1.82) is 5.26 Å². The van der Waals surface area contributed by atoms with E-state index in [0.29, 0.717) is 27.2 Å². The second-order valence-electron chi connectivity index (χ2n) is 10.4. The van der Waals surface area contributed by atoms with Crippen molar-refractivity contribution in [2.45, 2.75) is 16.0 Å². The highest BCUT2D eigenvalue weighted by Gasteiger charge is 2.35. The number of pyridine rings is 2. The highest BCUT2D eigenvalue weighted by Crippen LogP contribution is 2.33. The van der Waals surface area contributed by atoms with Crippen molar-refractivity contribution in [2.24, 2.45) is 0 Å². The fourth-order valence-corrected chi connectivity index (χ4v) is 6.11. The molecule has 0 saturated heterocycles. The van der Waals surface area contributed by atoms with E-state index < -0.39 is 31.5 Å². The van der Waals surface area contributed by atoms with Crippen LogP contribution in [0.5, 0.6) is 0 Å². The van der Waals surface area contributed by atoms with Crippen molar-refractivity contribution in [3.05, 3.63) is 120 Å². The minimum absolute atomic E-state index is 0.0400. The maximum Gasteiger partial charge on any atom is 0.434 e. The van der Waals surface area contributed by atoms with E-state index in [-0.39, 0.29) is 21.3 Å². The number of benzene rings is 2. The molecule has 0 bridgehead atoms. The van der Waals surface area contributed by atoms with Crippen LogP contribution in [0.2, 0.25) is 0 Å².